The van der Waals surface area contributed by atoms with Crippen molar-refractivity contribution in [3.05, 3.63) is 53.6 Å². The Bertz CT molecular complexity index is 732. The van der Waals surface area contributed by atoms with Crippen molar-refractivity contribution >= 4 is 11.0 Å². The van der Waals surface area contributed by atoms with Gasteiger partial charge in [0.1, 0.15) is 17.5 Å². The van der Waals surface area contributed by atoms with Crippen LogP contribution in [0.2, 0.25) is 0 Å². The van der Waals surface area contributed by atoms with E-state index >= 15 is 0 Å². The highest BCUT2D eigenvalue weighted by molar-refractivity contribution is 5.80. The standard InChI is InChI=1S/C14H10F2N2/c1-8-2-5-12-13(6-8)18-14(17-12)10-7-9(15)3-4-11(10)16/h2-7H,1H3,(H,17,18). The summed E-state index contributed by atoms with van der Waals surface area (Å²) in [5, 5.41) is 0. The number of nitrogens with zero attached hydrogens (tertiary/aromatic N) is 1. The van der Waals surface area contributed by atoms with Gasteiger partial charge >= 0.3 is 0 Å². The van der Waals surface area contributed by atoms with Gasteiger partial charge in [-0.05, 0) is 42.8 Å². The van der Waals surface area contributed by atoms with E-state index in [4.69, 9.17) is 0 Å². The third-order valence-electron chi connectivity index (χ3n) is 2.82. The van der Waals surface area contributed by atoms with Crippen molar-refractivity contribution in [1.82, 2.24) is 9.97 Å². The number of benzene rings is 2. The number of halogens is 2. The number of hydrogen-bond acceptors (Lipinski definition) is 1. The molecule has 0 saturated heterocycles. The molecule has 2 nitrogen and oxygen atoms in total. The first-order chi connectivity index (χ1) is 8.63. The fourth-order valence-corrected chi connectivity index (χ4v) is 1.93. The van der Waals surface area contributed by atoms with E-state index in [-0.39, 0.29) is 5.56 Å². The minimum Gasteiger partial charge on any atom is -0.338 e. The van der Waals surface area contributed by atoms with Crippen LogP contribution in [0.1, 0.15) is 5.56 Å². The third kappa shape index (κ3) is 1.76. The average molecular weight is 244 g/mol. The summed E-state index contributed by atoms with van der Waals surface area (Å²) in [4.78, 5) is 7.27. The molecular formula is C14H10F2N2. The molecule has 1 heterocycles. The Labute approximate surface area is 102 Å². The molecule has 0 saturated carbocycles. The average Bonchev–Trinajstić information content (AvgIpc) is 2.74. The Morgan fingerprint density at radius 2 is 1.89 bits per heavy atom. The highest BCUT2D eigenvalue weighted by atomic mass is 19.1. The maximum atomic E-state index is 13.6. The van der Waals surface area contributed by atoms with Gasteiger partial charge < -0.3 is 4.98 Å². The van der Waals surface area contributed by atoms with Crippen LogP contribution >= 0.6 is 0 Å². The zero-order chi connectivity index (χ0) is 12.7. The second-order valence-electron chi connectivity index (χ2n) is 4.23. The van der Waals surface area contributed by atoms with Crippen LogP contribution in [0.15, 0.2) is 36.4 Å². The summed E-state index contributed by atoms with van der Waals surface area (Å²) in [6.45, 7) is 1.96. The summed E-state index contributed by atoms with van der Waals surface area (Å²) >= 11 is 0. The predicted molar refractivity (Wildman–Crippen MR) is 66.2 cm³/mol. The summed E-state index contributed by atoms with van der Waals surface area (Å²) in [5.74, 6) is -0.636. The smallest absolute Gasteiger partial charge is 0.141 e. The predicted octanol–water partition coefficient (Wildman–Crippen LogP) is 3.82. The van der Waals surface area contributed by atoms with E-state index in [1.807, 2.05) is 25.1 Å². The van der Waals surface area contributed by atoms with Crippen LogP contribution in [0.25, 0.3) is 22.4 Å². The largest absolute Gasteiger partial charge is 0.338 e. The van der Waals surface area contributed by atoms with Crippen LogP contribution in [-0.4, -0.2) is 9.97 Å². The van der Waals surface area contributed by atoms with Crippen molar-refractivity contribution < 1.29 is 8.78 Å². The van der Waals surface area contributed by atoms with E-state index in [1.54, 1.807) is 0 Å². The highest BCUT2D eigenvalue weighted by Crippen LogP contribution is 2.24. The molecule has 0 radical (unpaired) electrons. The zero-order valence-corrected chi connectivity index (χ0v) is 9.67. The van der Waals surface area contributed by atoms with Gasteiger partial charge in [0.2, 0.25) is 0 Å². The molecule has 1 aromatic heterocycles. The number of fused-ring (bicyclic) bond motifs is 1. The molecule has 2 aromatic carbocycles. The van der Waals surface area contributed by atoms with E-state index in [2.05, 4.69) is 9.97 Å². The first kappa shape index (κ1) is 10.9. The van der Waals surface area contributed by atoms with E-state index < -0.39 is 11.6 Å². The van der Waals surface area contributed by atoms with Gasteiger partial charge in [-0.15, -0.1) is 0 Å². The number of aryl methyl sites for hydroxylation is 1. The quantitative estimate of drug-likeness (QED) is 0.692. The lowest BCUT2D eigenvalue weighted by atomic mass is 10.2. The van der Waals surface area contributed by atoms with Crippen LogP contribution in [0.3, 0.4) is 0 Å². The number of aromatic nitrogens is 2. The molecule has 4 heteroatoms. The Morgan fingerprint density at radius 1 is 1.06 bits per heavy atom. The highest BCUT2D eigenvalue weighted by Gasteiger charge is 2.11. The molecular weight excluding hydrogens is 234 g/mol. The summed E-state index contributed by atoms with van der Waals surface area (Å²) in [6.07, 6.45) is 0. The number of H-pyrrole nitrogens is 1. The van der Waals surface area contributed by atoms with Crippen molar-refractivity contribution in [3.8, 4) is 11.4 Å². The molecule has 0 aliphatic carbocycles. The maximum Gasteiger partial charge on any atom is 0.141 e. The summed E-state index contributed by atoms with van der Waals surface area (Å²) in [6, 6.07) is 9.02. The van der Waals surface area contributed by atoms with Gasteiger partial charge in [0.05, 0.1) is 16.6 Å². The topological polar surface area (TPSA) is 28.7 Å². The summed E-state index contributed by atoms with van der Waals surface area (Å²) < 4.78 is 26.8. The van der Waals surface area contributed by atoms with Gasteiger partial charge in [-0.25, -0.2) is 13.8 Å². The molecule has 0 unspecified atom stereocenters. The molecule has 0 aliphatic heterocycles. The fourth-order valence-electron chi connectivity index (χ4n) is 1.93. The van der Waals surface area contributed by atoms with Crippen LogP contribution in [0.4, 0.5) is 8.78 Å². The molecule has 18 heavy (non-hydrogen) atoms. The summed E-state index contributed by atoms with van der Waals surface area (Å²) in [7, 11) is 0. The van der Waals surface area contributed by atoms with E-state index in [9.17, 15) is 8.78 Å². The number of imidazole rings is 1. The molecule has 3 aromatic rings. The Morgan fingerprint density at radius 3 is 2.72 bits per heavy atom. The first-order valence-corrected chi connectivity index (χ1v) is 5.55. The third-order valence-corrected chi connectivity index (χ3v) is 2.82. The zero-order valence-electron chi connectivity index (χ0n) is 9.67. The molecule has 0 amide bonds. The molecule has 3 rings (SSSR count). The lowest BCUT2D eigenvalue weighted by molar-refractivity contribution is 0.602. The molecule has 0 atom stereocenters. The summed E-state index contributed by atoms with van der Waals surface area (Å²) in [5.41, 5.74) is 2.77. The first-order valence-electron chi connectivity index (χ1n) is 5.55. The van der Waals surface area contributed by atoms with E-state index in [0.29, 0.717) is 5.82 Å². The van der Waals surface area contributed by atoms with Crippen molar-refractivity contribution in [3.63, 3.8) is 0 Å². The Balaban J connectivity index is 2.22. The van der Waals surface area contributed by atoms with Gasteiger partial charge in [0.25, 0.3) is 0 Å². The van der Waals surface area contributed by atoms with Crippen LogP contribution in [-0.2, 0) is 0 Å². The fraction of sp³-hybridized carbons (Fsp3) is 0.0714. The monoisotopic (exact) mass is 244 g/mol. The SMILES string of the molecule is Cc1ccc2nc(-c3cc(F)ccc3F)[nH]c2c1. The van der Waals surface area contributed by atoms with Crippen LogP contribution in [0, 0.1) is 18.6 Å². The number of hydrogen-bond donors (Lipinski definition) is 1. The Kier molecular flexibility index (Phi) is 2.37. The lowest BCUT2D eigenvalue weighted by Crippen LogP contribution is -1.87. The Hall–Kier alpha value is -2.23. The molecule has 0 spiro atoms. The molecule has 90 valence electrons. The number of nitrogens with one attached hydrogen (secondary N) is 1. The van der Waals surface area contributed by atoms with E-state index in [1.165, 1.54) is 0 Å². The maximum absolute atomic E-state index is 13.6. The van der Waals surface area contributed by atoms with E-state index in [0.717, 1.165) is 34.8 Å². The van der Waals surface area contributed by atoms with Gasteiger partial charge in [-0.3, -0.25) is 0 Å². The molecule has 0 bridgehead atoms. The van der Waals surface area contributed by atoms with Crippen molar-refractivity contribution in [1.29, 1.82) is 0 Å². The van der Waals surface area contributed by atoms with Gasteiger partial charge in [0.15, 0.2) is 0 Å². The molecule has 1 N–H and O–H groups in total. The normalized spacial score (nSPS) is 11.1. The molecule has 0 fully saturated rings. The lowest BCUT2D eigenvalue weighted by Gasteiger charge is -1.98. The van der Waals surface area contributed by atoms with Crippen molar-refractivity contribution in [2.75, 3.05) is 0 Å². The van der Waals surface area contributed by atoms with Gasteiger partial charge in [-0.2, -0.15) is 0 Å². The second kappa shape index (κ2) is 3.91. The van der Waals surface area contributed by atoms with Crippen molar-refractivity contribution in [2.24, 2.45) is 0 Å². The van der Waals surface area contributed by atoms with Crippen LogP contribution < -0.4 is 0 Å². The van der Waals surface area contributed by atoms with Crippen LogP contribution in [0.5, 0.6) is 0 Å². The molecule has 0 aliphatic rings. The minimum atomic E-state index is -0.493. The number of aromatic amines is 1. The van der Waals surface area contributed by atoms with Gasteiger partial charge in [-0.1, -0.05) is 6.07 Å². The van der Waals surface area contributed by atoms with Gasteiger partial charge in [0, 0.05) is 0 Å². The number of rotatable bonds is 1. The minimum absolute atomic E-state index is 0.142. The van der Waals surface area contributed by atoms with Crippen molar-refractivity contribution in [2.45, 2.75) is 6.92 Å². The second-order valence-corrected chi connectivity index (χ2v) is 4.23.